The van der Waals surface area contributed by atoms with Gasteiger partial charge in [0.05, 0.1) is 21.3 Å². The molecule has 1 fully saturated rings. The quantitative estimate of drug-likeness (QED) is 0.701. The predicted molar refractivity (Wildman–Crippen MR) is 98.2 cm³/mol. The van der Waals surface area contributed by atoms with Gasteiger partial charge in [-0.05, 0) is 30.9 Å². The molecule has 29 heavy (non-hydrogen) atoms. The number of rotatable bonds is 8. The van der Waals surface area contributed by atoms with Gasteiger partial charge in [0.15, 0.2) is 11.5 Å². The van der Waals surface area contributed by atoms with Crippen LogP contribution < -0.4 is 19.5 Å². The number of nitrogens with zero attached hydrogens (tertiary/aromatic N) is 1. The Morgan fingerprint density at radius 3 is 2.41 bits per heavy atom. The second-order valence-electron chi connectivity index (χ2n) is 6.57. The zero-order valence-electron chi connectivity index (χ0n) is 16.6. The van der Waals surface area contributed by atoms with Crippen molar-refractivity contribution in [3.8, 4) is 17.2 Å². The Kier molecular flexibility index (Phi) is 7.58. The molecule has 10 heteroatoms. The van der Waals surface area contributed by atoms with Crippen molar-refractivity contribution < 1.29 is 37.0 Å². The molecule has 1 saturated heterocycles. The number of alkyl halides is 3. The minimum absolute atomic E-state index is 0.0783. The average molecular weight is 418 g/mol. The number of amides is 2. The number of hydrogen-bond acceptors (Lipinski definition) is 5. The molecule has 1 atom stereocenters. The van der Waals surface area contributed by atoms with Crippen LogP contribution in [0.3, 0.4) is 0 Å². The fraction of sp³-hybridized carbons (Fsp3) is 0.579. The third kappa shape index (κ3) is 5.68. The molecule has 1 N–H and O–H groups in total. The lowest BCUT2D eigenvalue weighted by atomic mass is 10.1. The molecule has 162 valence electrons. The second kappa shape index (κ2) is 9.71. The molecule has 1 aromatic carbocycles. The van der Waals surface area contributed by atoms with E-state index >= 15 is 0 Å². The highest BCUT2D eigenvalue weighted by Gasteiger charge is 2.36. The summed E-state index contributed by atoms with van der Waals surface area (Å²) in [6, 6.07) is 2.58. The van der Waals surface area contributed by atoms with Crippen LogP contribution in [0.25, 0.3) is 0 Å². The number of hydrogen-bond donors (Lipinski definition) is 1. The largest absolute Gasteiger partial charge is 0.493 e. The number of likely N-dealkylation sites (tertiary alicyclic amines) is 1. The summed E-state index contributed by atoms with van der Waals surface area (Å²) >= 11 is 0. The van der Waals surface area contributed by atoms with Crippen LogP contribution in [0.4, 0.5) is 13.2 Å². The van der Waals surface area contributed by atoms with E-state index in [1.807, 2.05) is 5.32 Å². The van der Waals surface area contributed by atoms with Crippen LogP contribution in [-0.2, 0) is 16.0 Å². The molecule has 1 aliphatic rings. The SMILES string of the molecule is COc1ccc(CCC(=O)N2CCCC2C(=O)NCC(F)(F)F)c(OC)c1OC. The van der Waals surface area contributed by atoms with Crippen molar-refractivity contribution in [2.45, 2.75) is 37.9 Å². The van der Waals surface area contributed by atoms with E-state index in [1.54, 1.807) is 12.1 Å². The molecule has 1 aliphatic heterocycles. The molecule has 0 aliphatic carbocycles. The van der Waals surface area contributed by atoms with Gasteiger partial charge in [0, 0.05) is 13.0 Å². The van der Waals surface area contributed by atoms with E-state index in [0.29, 0.717) is 43.1 Å². The average Bonchev–Trinajstić information content (AvgIpc) is 3.18. The van der Waals surface area contributed by atoms with Crippen molar-refractivity contribution >= 4 is 11.8 Å². The lowest BCUT2D eigenvalue weighted by Crippen LogP contribution is -2.48. The van der Waals surface area contributed by atoms with Crippen molar-refractivity contribution in [2.24, 2.45) is 0 Å². The van der Waals surface area contributed by atoms with Crippen molar-refractivity contribution in [1.82, 2.24) is 10.2 Å². The van der Waals surface area contributed by atoms with Gasteiger partial charge in [-0.2, -0.15) is 13.2 Å². The van der Waals surface area contributed by atoms with E-state index in [1.165, 1.54) is 26.2 Å². The van der Waals surface area contributed by atoms with Gasteiger partial charge in [-0.1, -0.05) is 6.07 Å². The molecule has 2 rings (SSSR count). The summed E-state index contributed by atoms with van der Waals surface area (Å²) in [4.78, 5) is 26.1. The van der Waals surface area contributed by atoms with Crippen LogP contribution in [0.15, 0.2) is 12.1 Å². The Bertz CT molecular complexity index is 739. The molecule has 0 radical (unpaired) electrons. The monoisotopic (exact) mass is 418 g/mol. The fourth-order valence-corrected chi connectivity index (χ4v) is 3.39. The predicted octanol–water partition coefficient (Wildman–Crippen LogP) is 2.31. The lowest BCUT2D eigenvalue weighted by molar-refractivity contribution is -0.144. The first kappa shape index (κ1) is 22.6. The summed E-state index contributed by atoms with van der Waals surface area (Å²) in [7, 11) is 4.45. The number of nitrogens with one attached hydrogen (secondary N) is 1. The van der Waals surface area contributed by atoms with E-state index < -0.39 is 24.7 Å². The van der Waals surface area contributed by atoms with Crippen molar-refractivity contribution in [2.75, 3.05) is 34.4 Å². The summed E-state index contributed by atoms with van der Waals surface area (Å²) in [6.45, 7) is -1.07. The molecule has 1 heterocycles. The minimum atomic E-state index is -4.49. The van der Waals surface area contributed by atoms with Gasteiger partial charge >= 0.3 is 6.18 Å². The zero-order chi connectivity index (χ0) is 21.6. The molecule has 1 unspecified atom stereocenters. The molecule has 2 amide bonds. The summed E-state index contributed by atoms with van der Waals surface area (Å²) in [5, 5.41) is 1.86. The summed E-state index contributed by atoms with van der Waals surface area (Å²) in [5.41, 5.74) is 0.718. The first-order chi connectivity index (χ1) is 13.7. The van der Waals surface area contributed by atoms with E-state index in [4.69, 9.17) is 14.2 Å². The van der Waals surface area contributed by atoms with Crippen molar-refractivity contribution in [3.63, 3.8) is 0 Å². The zero-order valence-corrected chi connectivity index (χ0v) is 16.6. The number of benzene rings is 1. The molecule has 0 bridgehead atoms. The summed E-state index contributed by atoms with van der Waals surface area (Å²) in [6.07, 6.45) is -3.19. The second-order valence-corrected chi connectivity index (χ2v) is 6.57. The highest BCUT2D eigenvalue weighted by atomic mass is 19.4. The van der Waals surface area contributed by atoms with Gasteiger partial charge in [-0.25, -0.2) is 0 Å². The number of ether oxygens (including phenoxy) is 3. The van der Waals surface area contributed by atoms with E-state index in [0.717, 1.165) is 5.56 Å². The van der Waals surface area contributed by atoms with Crippen LogP contribution in [-0.4, -0.2) is 63.4 Å². The maximum absolute atomic E-state index is 12.6. The number of aryl methyl sites for hydroxylation is 1. The fourth-order valence-electron chi connectivity index (χ4n) is 3.39. The smallest absolute Gasteiger partial charge is 0.405 e. The van der Waals surface area contributed by atoms with Crippen LogP contribution in [0.1, 0.15) is 24.8 Å². The van der Waals surface area contributed by atoms with Gasteiger partial charge in [0.25, 0.3) is 0 Å². The molecular weight excluding hydrogens is 393 g/mol. The molecule has 7 nitrogen and oxygen atoms in total. The van der Waals surface area contributed by atoms with Gasteiger partial charge in [0.2, 0.25) is 17.6 Å². The Labute approximate surface area is 167 Å². The summed E-state index contributed by atoms with van der Waals surface area (Å²) < 4.78 is 52.9. The van der Waals surface area contributed by atoms with E-state index in [2.05, 4.69) is 0 Å². The van der Waals surface area contributed by atoms with Crippen molar-refractivity contribution in [3.05, 3.63) is 17.7 Å². The Hall–Kier alpha value is -2.65. The van der Waals surface area contributed by atoms with Gasteiger partial charge in [-0.15, -0.1) is 0 Å². The molecular formula is C19H25F3N2O5. The number of halogens is 3. The number of carbonyl (C=O) groups excluding carboxylic acids is 2. The molecule has 0 saturated carbocycles. The highest BCUT2D eigenvalue weighted by molar-refractivity contribution is 5.88. The van der Waals surface area contributed by atoms with Gasteiger partial charge in [0.1, 0.15) is 12.6 Å². The van der Waals surface area contributed by atoms with Crippen LogP contribution in [0.2, 0.25) is 0 Å². The first-order valence-electron chi connectivity index (χ1n) is 9.13. The molecule has 0 aromatic heterocycles. The molecule has 1 aromatic rings. The Balaban J connectivity index is 2.04. The molecule has 0 spiro atoms. The first-order valence-corrected chi connectivity index (χ1v) is 9.13. The van der Waals surface area contributed by atoms with E-state index in [9.17, 15) is 22.8 Å². The van der Waals surface area contributed by atoms with Crippen molar-refractivity contribution in [1.29, 1.82) is 0 Å². The van der Waals surface area contributed by atoms with Gasteiger partial charge < -0.3 is 24.4 Å². The standard InChI is InChI=1S/C19H25F3N2O5/c1-27-14-8-6-12(16(28-2)17(14)29-3)7-9-15(25)24-10-4-5-13(24)18(26)23-11-19(20,21)22/h6,8,13H,4-5,7,9-11H2,1-3H3,(H,23,26). The maximum atomic E-state index is 12.6. The van der Waals surface area contributed by atoms with Crippen LogP contribution >= 0.6 is 0 Å². The maximum Gasteiger partial charge on any atom is 0.405 e. The minimum Gasteiger partial charge on any atom is -0.493 e. The van der Waals surface area contributed by atoms with Crippen LogP contribution in [0.5, 0.6) is 17.2 Å². The Morgan fingerprint density at radius 2 is 1.83 bits per heavy atom. The van der Waals surface area contributed by atoms with Gasteiger partial charge in [-0.3, -0.25) is 9.59 Å². The topological polar surface area (TPSA) is 77.1 Å². The Morgan fingerprint density at radius 1 is 1.14 bits per heavy atom. The van der Waals surface area contributed by atoms with E-state index in [-0.39, 0.29) is 12.3 Å². The highest BCUT2D eigenvalue weighted by Crippen LogP contribution is 2.40. The normalized spacial score (nSPS) is 16.5. The number of carbonyl (C=O) groups is 2. The van der Waals surface area contributed by atoms with Crippen LogP contribution in [0, 0.1) is 0 Å². The number of methoxy groups -OCH3 is 3. The lowest BCUT2D eigenvalue weighted by Gasteiger charge is -2.24. The third-order valence-electron chi connectivity index (χ3n) is 4.73. The third-order valence-corrected chi connectivity index (χ3v) is 4.73. The summed E-state index contributed by atoms with van der Waals surface area (Å²) in [5.74, 6) is 0.259.